The van der Waals surface area contributed by atoms with Crippen molar-refractivity contribution in [2.24, 2.45) is 17.8 Å². The van der Waals surface area contributed by atoms with Crippen LogP contribution in [0.25, 0.3) is 0 Å². The molecule has 3 N–H and O–H groups in total. The fourth-order valence-corrected chi connectivity index (χ4v) is 1.96. The van der Waals surface area contributed by atoms with Gasteiger partial charge in [-0.1, -0.05) is 0 Å². The van der Waals surface area contributed by atoms with Gasteiger partial charge in [0.05, 0.1) is 17.8 Å². The van der Waals surface area contributed by atoms with Gasteiger partial charge in [-0.2, -0.15) is 0 Å². The quantitative estimate of drug-likeness (QED) is 0.624. The van der Waals surface area contributed by atoms with E-state index in [4.69, 9.17) is 15.3 Å². The number of rotatable bonds is 3. The van der Waals surface area contributed by atoms with E-state index in [0.717, 1.165) is 0 Å². The van der Waals surface area contributed by atoms with Crippen molar-refractivity contribution in [3.05, 3.63) is 0 Å². The van der Waals surface area contributed by atoms with E-state index in [-0.39, 0.29) is 19.3 Å². The molecule has 3 unspecified atom stereocenters. The lowest BCUT2D eigenvalue weighted by Crippen LogP contribution is -2.37. The monoisotopic (exact) mass is 216 g/mol. The Labute approximate surface area is 85.5 Å². The lowest BCUT2D eigenvalue weighted by atomic mass is 9.74. The summed E-state index contributed by atoms with van der Waals surface area (Å²) in [4.78, 5) is 32.2. The minimum atomic E-state index is -1.23. The molecule has 0 aromatic carbocycles. The van der Waals surface area contributed by atoms with Crippen molar-refractivity contribution in [3.63, 3.8) is 0 Å². The molecule has 0 bridgehead atoms. The summed E-state index contributed by atoms with van der Waals surface area (Å²) in [5.74, 6) is -6.22. The normalized spacial score (nSPS) is 30.8. The second-order valence-electron chi connectivity index (χ2n) is 3.74. The summed E-state index contributed by atoms with van der Waals surface area (Å²) in [6, 6.07) is 0. The molecule has 1 fully saturated rings. The first-order valence-electron chi connectivity index (χ1n) is 4.62. The van der Waals surface area contributed by atoms with Crippen molar-refractivity contribution in [2.75, 3.05) is 0 Å². The fourth-order valence-electron chi connectivity index (χ4n) is 1.96. The van der Waals surface area contributed by atoms with Crippen molar-refractivity contribution in [1.82, 2.24) is 0 Å². The van der Waals surface area contributed by atoms with Gasteiger partial charge in [0.15, 0.2) is 0 Å². The summed E-state index contributed by atoms with van der Waals surface area (Å²) in [6.07, 6.45) is 0.251. The Kier molecular flexibility index (Phi) is 3.28. The molecule has 3 atom stereocenters. The van der Waals surface area contributed by atoms with Crippen LogP contribution in [-0.2, 0) is 14.4 Å². The highest BCUT2D eigenvalue weighted by atomic mass is 16.4. The van der Waals surface area contributed by atoms with E-state index in [9.17, 15) is 14.4 Å². The zero-order chi connectivity index (χ0) is 11.6. The van der Waals surface area contributed by atoms with Gasteiger partial charge < -0.3 is 15.3 Å². The molecule has 84 valence electrons. The molecule has 0 heterocycles. The molecule has 0 aromatic heterocycles. The highest BCUT2D eigenvalue weighted by molar-refractivity contribution is 5.81. The van der Waals surface area contributed by atoms with E-state index in [2.05, 4.69) is 0 Å². The Morgan fingerprint density at radius 2 is 1.33 bits per heavy atom. The Balaban J connectivity index is 2.78. The second-order valence-corrected chi connectivity index (χ2v) is 3.74. The van der Waals surface area contributed by atoms with Gasteiger partial charge in [0.1, 0.15) is 0 Å². The zero-order valence-electron chi connectivity index (χ0n) is 7.92. The fraction of sp³-hybridized carbons (Fsp3) is 0.667. The maximum absolute atomic E-state index is 10.8. The van der Waals surface area contributed by atoms with Crippen LogP contribution in [-0.4, -0.2) is 33.2 Å². The van der Waals surface area contributed by atoms with Crippen molar-refractivity contribution in [2.45, 2.75) is 19.3 Å². The molecule has 6 nitrogen and oxygen atoms in total. The zero-order valence-corrected chi connectivity index (χ0v) is 7.92. The van der Waals surface area contributed by atoms with Gasteiger partial charge in [-0.3, -0.25) is 14.4 Å². The highest BCUT2D eigenvalue weighted by Crippen LogP contribution is 2.34. The molecule has 1 rings (SSSR count). The average molecular weight is 216 g/mol. The third-order valence-corrected chi connectivity index (χ3v) is 2.83. The topological polar surface area (TPSA) is 112 Å². The van der Waals surface area contributed by atoms with E-state index in [1.807, 2.05) is 0 Å². The number of hydrogen-bond donors (Lipinski definition) is 3. The average Bonchev–Trinajstić information content (AvgIpc) is 2.16. The minimum Gasteiger partial charge on any atom is -0.481 e. The van der Waals surface area contributed by atoms with Crippen LogP contribution in [0.1, 0.15) is 19.3 Å². The smallest absolute Gasteiger partial charge is 0.307 e. The first kappa shape index (κ1) is 11.5. The SMILES string of the molecule is O=C(O)C1CCC(C(=O)O)C(C(=O)O)C1. The van der Waals surface area contributed by atoms with Crippen LogP contribution in [0.4, 0.5) is 0 Å². The molecular formula is C9H12O6. The van der Waals surface area contributed by atoms with E-state index in [1.165, 1.54) is 0 Å². The van der Waals surface area contributed by atoms with Crippen LogP contribution in [0.15, 0.2) is 0 Å². The summed E-state index contributed by atoms with van der Waals surface area (Å²) < 4.78 is 0. The lowest BCUT2D eigenvalue weighted by Gasteiger charge is -2.29. The van der Waals surface area contributed by atoms with Gasteiger partial charge in [0.25, 0.3) is 0 Å². The van der Waals surface area contributed by atoms with Crippen LogP contribution in [0, 0.1) is 17.8 Å². The number of aliphatic carboxylic acids is 3. The summed E-state index contributed by atoms with van der Waals surface area (Å²) in [6.45, 7) is 0. The van der Waals surface area contributed by atoms with Gasteiger partial charge >= 0.3 is 17.9 Å². The molecule has 1 aliphatic rings. The standard InChI is InChI=1S/C9H12O6/c10-7(11)4-1-2-5(8(12)13)6(3-4)9(14)15/h4-6H,1-3H2,(H,10,11)(H,12,13)(H,14,15). The number of carbonyl (C=O) groups is 3. The third-order valence-electron chi connectivity index (χ3n) is 2.83. The summed E-state index contributed by atoms with van der Waals surface area (Å²) in [5.41, 5.74) is 0. The highest BCUT2D eigenvalue weighted by Gasteiger charge is 2.41. The van der Waals surface area contributed by atoms with Crippen molar-refractivity contribution in [3.8, 4) is 0 Å². The Morgan fingerprint density at radius 1 is 0.800 bits per heavy atom. The largest absolute Gasteiger partial charge is 0.481 e. The molecule has 0 aliphatic heterocycles. The molecule has 0 radical (unpaired) electrons. The van der Waals surface area contributed by atoms with E-state index >= 15 is 0 Å². The van der Waals surface area contributed by atoms with E-state index < -0.39 is 35.7 Å². The number of hydrogen-bond acceptors (Lipinski definition) is 3. The van der Waals surface area contributed by atoms with E-state index in [1.54, 1.807) is 0 Å². The lowest BCUT2D eigenvalue weighted by molar-refractivity contribution is -0.159. The summed E-state index contributed by atoms with van der Waals surface area (Å²) in [7, 11) is 0. The molecule has 15 heavy (non-hydrogen) atoms. The van der Waals surface area contributed by atoms with Crippen LogP contribution < -0.4 is 0 Å². The summed E-state index contributed by atoms with van der Waals surface area (Å²) >= 11 is 0. The third kappa shape index (κ3) is 2.45. The minimum absolute atomic E-state index is 0.0956. The van der Waals surface area contributed by atoms with Crippen LogP contribution in [0.2, 0.25) is 0 Å². The Bertz CT molecular complexity index is 297. The van der Waals surface area contributed by atoms with Gasteiger partial charge in [0.2, 0.25) is 0 Å². The molecule has 1 aliphatic carbocycles. The summed E-state index contributed by atoms with van der Waals surface area (Å²) in [5, 5.41) is 26.3. The maximum Gasteiger partial charge on any atom is 0.307 e. The molecule has 0 amide bonds. The predicted molar refractivity (Wildman–Crippen MR) is 47.2 cm³/mol. The molecular weight excluding hydrogens is 204 g/mol. The van der Waals surface area contributed by atoms with E-state index in [0.29, 0.717) is 0 Å². The maximum atomic E-state index is 10.8. The van der Waals surface area contributed by atoms with Gasteiger partial charge in [0, 0.05) is 0 Å². The molecule has 0 aromatic rings. The van der Waals surface area contributed by atoms with Gasteiger partial charge in [-0.25, -0.2) is 0 Å². The second kappa shape index (κ2) is 4.29. The first-order chi connectivity index (χ1) is 6.93. The van der Waals surface area contributed by atoms with Crippen LogP contribution >= 0.6 is 0 Å². The molecule has 6 heteroatoms. The molecule has 0 spiro atoms. The van der Waals surface area contributed by atoms with Gasteiger partial charge in [-0.05, 0) is 19.3 Å². The molecule has 1 saturated carbocycles. The Morgan fingerprint density at radius 3 is 1.73 bits per heavy atom. The van der Waals surface area contributed by atoms with Crippen molar-refractivity contribution < 1.29 is 29.7 Å². The first-order valence-corrected chi connectivity index (χ1v) is 4.62. The molecule has 0 saturated heterocycles. The number of carboxylic acids is 3. The Hall–Kier alpha value is -1.59. The van der Waals surface area contributed by atoms with Crippen LogP contribution in [0.3, 0.4) is 0 Å². The van der Waals surface area contributed by atoms with Gasteiger partial charge in [-0.15, -0.1) is 0 Å². The predicted octanol–water partition coefficient (Wildman–Crippen LogP) is 0.273. The van der Waals surface area contributed by atoms with Crippen LogP contribution in [0.5, 0.6) is 0 Å². The number of carboxylic acid groups (broad SMARTS) is 3. The van der Waals surface area contributed by atoms with Crippen molar-refractivity contribution >= 4 is 17.9 Å². The van der Waals surface area contributed by atoms with Crippen molar-refractivity contribution in [1.29, 1.82) is 0 Å².